The molecule has 0 aliphatic carbocycles. The van der Waals surface area contributed by atoms with Crippen molar-refractivity contribution < 1.29 is 22.1 Å². The van der Waals surface area contributed by atoms with E-state index in [2.05, 4.69) is 42.1 Å². The molecule has 0 aromatic carbocycles. The lowest BCUT2D eigenvalue weighted by molar-refractivity contribution is -0.697. The Bertz CT molecular complexity index is 541. The highest BCUT2D eigenvalue weighted by molar-refractivity contribution is 7.79. The molecule has 1 aromatic heterocycles. The van der Waals surface area contributed by atoms with E-state index in [0.717, 1.165) is 0 Å². The molecule has 170 valence electrons. The van der Waals surface area contributed by atoms with Gasteiger partial charge in [0, 0.05) is 18.6 Å². The van der Waals surface area contributed by atoms with Crippen LogP contribution in [0, 0.1) is 0 Å². The molecule has 0 radical (unpaired) electrons. The number of aromatic nitrogens is 1. The van der Waals surface area contributed by atoms with Gasteiger partial charge in [0.1, 0.15) is 6.54 Å². The molecular weight excluding hydrogens is 386 g/mol. The van der Waals surface area contributed by atoms with Crippen molar-refractivity contribution in [2.75, 3.05) is 0 Å². The van der Waals surface area contributed by atoms with Crippen molar-refractivity contribution >= 4 is 10.4 Å². The fourth-order valence-electron chi connectivity index (χ4n) is 3.43. The van der Waals surface area contributed by atoms with Gasteiger partial charge in [-0.05, 0) is 6.42 Å². The van der Waals surface area contributed by atoms with Crippen LogP contribution in [0.15, 0.2) is 30.6 Å². The van der Waals surface area contributed by atoms with Gasteiger partial charge in [-0.2, -0.15) is 0 Å². The predicted molar refractivity (Wildman–Crippen MR) is 119 cm³/mol. The van der Waals surface area contributed by atoms with E-state index in [4.69, 9.17) is 17.5 Å². The predicted octanol–water partition coefficient (Wildman–Crippen LogP) is 6.24. The van der Waals surface area contributed by atoms with Crippen LogP contribution >= 0.6 is 0 Å². The van der Waals surface area contributed by atoms with Crippen LogP contribution in [0.3, 0.4) is 0 Å². The van der Waals surface area contributed by atoms with Crippen LogP contribution in [-0.4, -0.2) is 17.5 Å². The second-order valence-corrected chi connectivity index (χ2v) is 8.70. The van der Waals surface area contributed by atoms with E-state index >= 15 is 0 Å². The average Bonchev–Trinajstić information content (AvgIpc) is 2.67. The monoisotopic (exact) mass is 429 g/mol. The van der Waals surface area contributed by atoms with Crippen LogP contribution in [0.1, 0.15) is 110 Å². The maximum atomic E-state index is 8.63. The number of pyridine rings is 1. The van der Waals surface area contributed by atoms with Gasteiger partial charge in [-0.25, -0.2) is 13.0 Å². The molecule has 29 heavy (non-hydrogen) atoms. The van der Waals surface area contributed by atoms with Gasteiger partial charge in [-0.3, -0.25) is 4.55 Å². The summed E-state index contributed by atoms with van der Waals surface area (Å²) in [6.07, 6.45) is 27.4. The molecule has 1 N–H and O–H groups in total. The molecule has 6 heteroatoms. The maximum absolute atomic E-state index is 8.63. The standard InChI is InChI=1S/C23H42N.H2O4S/c1-2-3-4-5-6-7-8-9-10-11-12-13-14-15-16-18-21-24-22-19-17-20-23-24;1-5(2,3)4/h17,19-20,22-23H,2-16,18,21H2,1H3;(H2,1,2,3,4)/q+1;/p-1. The average molecular weight is 430 g/mol. The first-order valence-electron chi connectivity index (χ1n) is 11.6. The molecule has 5 nitrogen and oxygen atoms in total. The minimum Gasteiger partial charge on any atom is -0.726 e. The Morgan fingerprint density at radius 1 is 0.655 bits per heavy atom. The van der Waals surface area contributed by atoms with E-state index in [-0.39, 0.29) is 0 Å². The molecule has 1 heterocycles. The number of nitrogens with zero attached hydrogens (tertiary/aromatic N) is 1. The highest BCUT2D eigenvalue weighted by atomic mass is 32.3. The van der Waals surface area contributed by atoms with Gasteiger partial charge in [0.15, 0.2) is 12.4 Å². The molecule has 0 fully saturated rings. The van der Waals surface area contributed by atoms with Crippen LogP contribution in [0.5, 0.6) is 0 Å². The summed E-state index contributed by atoms with van der Waals surface area (Å²) in [7, 11) is -4.92. The smallest absolute Gasteiger partial charge is 0.215 e. The van der Waals surface area contributed by atoms with E-state index in [0.29, 0.717) is 0 Å². The van der Waals surface area contributed by atoms with Gasteiger partial charge in [-0.15, -0.1) is 0 Å². The molecule has 0 saturated carbocycles. The minimum absolute atomic E-state index is 1.18. The zero-order chi connectivity index (χ0) is 21.6. The molecule has 0 aliphatic rings. The Kier molecular flexibility index (Phi) is 19.6. The second-order valence-electron chi connectivity index (χ2n) is 7.84. The summed E-state index contributed by atoms with van der Waals surface area (Å²) in [5, 5.41) is 0. The SMILES string of the molecule is CCCCCCCCCCCCCCCCCC[n+]1ccccc1.O=S(=O)([O-])O. The summed E-state index contributed by atoms with van der Waals surface area (Å²) in [6, 6.07) is 6.32. The summed E-state index contributed by atoms with van der Waals surface area (Å²) in [6.45, 7) is 3.48. The maximum Gasteiger partial charge on any atom is 0.215 e. The third-order valence-corrected chi connectivity index (χ3v) is 5.05. The van der Waals surface area contributed by atoms with Crippen molar-refractivity contribution in [3.8, 4) is 0 Å². The first-order valence-corrected chi connectivity index (χ1v) is 12.9. The lowest BCUT2D eigenvalue weighted by Gasteiger charge is -2.03. The molecule has 1 rings (SSSR count). The molecule has 0 atom stereocenters. The Labute approximate surface area is 179 Å². The van der Waals surface area contributed by atoms with E-state index in [1.807, 2.05) is 0 Å². The van der Waals surface area contributed by atoms with Crippen molar-refractivity contribution in [3.63, 3.8) is 0 Å². The minimum atomic E-state index is -4.92. The second kappa shape index (κ2) is 20.3. The summed E-state index contributed by atoms with van der Waals surface area (Å²) in [5.74, 6) is 0. The van der Waals surface area contributed by atoms with Gasteiger partial charge in [0.05, 0.1) is 0 Å². The Morgan fingerprint density at radius 3 is 1.31 bits per heavy atom. The van der Waals surface area contributed by atoms with Gasteiger partial charge in [-0.1, -0.05) is 103 Å². The number of aryl methyl sites for hydroxylation is 1. The Balaban J connectivity index is 0.00000139. The first kappa shape index (κ1) is 28.0. The van der Waals surface area contributed by atoms with Gasteiger partial charge >= 0.3 is 0 Å². The van der Waals surface area contributed by atoms with Crippen molar-refractivity contribution in [3.05, 3.63) is 30.6 Å². The van der Waals surface area contributed by atoms with E-state index in [1.165, 1.54) is 109 Å². The third-order valence-electron chi connectivity index (χ3n) is 5.05. The third kappa shape index (κ3) is 27.0. The van der Waals surface area contributed by atoms with Crippen LogP contribution in [0.2, 0.25) is 0 Å². The number of hydrogen-bond donors (Lipinski definition) is 1. The molecule has 0 aliphatic heterocycles. The van der Waals surface area contributed by atoms with Gasteiger partial charge < -0.3 is 4.55 Å². The Morgan fingerprint density at radius 2 is 0.966 bits per heavy atom. The van der Waals surface area contributed by atoms with E-state index in [9.17, 15) is 0 Å². The first-order chi connectivity index (χ1) is 13.9. The molecule has 0 amide bonds. The van der Waals surface area contributed by atoms with E-state index < -0.39 is 10.4 Å². The highest BCUT2D eigenvalue weighted by Crippen LogP contribution is 2.13. The fraction of sp³-hybridized carbons (Fsp3) is 0.783. The lowest BCUT2D eigenvalue weighted by atomic mass is 10.0. The summed E-state index contributed by atoms with van der Waals surface area (Å²) >= 11 is 0. The summed E-state index contributed by atoms with van der Waals surface area (Å²) in [4.78, 5) is 0. The molecule has 0 saturated heterocycles. The van der Waals surface area contributed by atoms with Crippen molar-refractivity contribution in [1.29, 1.82) is 0 Å². The van der Waals surface area contributed by atoms with E-state index in [1.54, 1.807) is 0 Å². The molecule has 0 bridgehead atoms. The van der Waals surface area contributed by atoms with Crippen molar-refractivity contribution in [2.45, 2.75) is 116 Å². The molecular formula is C23H43NO4S. The van der Waals surface area contributed by atoms with Crippen LogP contribution in [0.25, 0.3) is 0 Å². The summed E-state index contributed by atoms with van der Waals surface area (Å²) < 4.78 is 35.1. The summed E-state index contributed by atoms with van der Waals surface area (Å²) in [5.41, 5.74) is 0. The number of rotatable bonds is 17. The highest BCUT2D eigenvalue weighted by Gasteiger charge is 1.98. The molecule has 0 spiro atoms. The zero-order valence-corrected chi connectivity index (χ0v) is 19.3. The Hall–Kier alpha value is -0.980. The largest absolute Gasteiger partial charge is 0.726 e. The van der Waals surface area contributed by atoms with Crippen molar-refractivity contribution in [1.82, 2.24) is 0 Å². The molecule has 0 unspecified atom stereocenters. The lowest BCUT2D eigenvalue weighted by Crippen LogP contribution is -2.32. The quantitative estimate of drug-likeness (QED) is 0.137. The van der Waals surface area contributed by atoms with Gasteiger partial charge in [0.25, 0.3) is 0 Å². The fourth-order valence-corrected chi connectivity index (χ4v) is 3.43. The van der Waals surface area contributed by atoms with Crippen LogP contribution in [0.4, 0.5) is 0 Å². The normalized spacial score (nSPS) is 11.1. The zero-order valence-electron chi connectivity index (χ0n) is 18.4. The number of hydrogen-bond acceptors (Lipinski definition) is 3. The van der Waals surface area contributed by atoms with Gasteiger partial charge in [0.2, 0.25) is 10.4 Å². The molecule has 1 aromatic rings. The number of unbranched alkanes of at least 4 members (excludes halogenated alkanes) is 15. The topological polar surface area (TPSA) is 81.3 Å². The van der Waals surface area contributed by atoms with Crippen LogP contribution in [-0.2, 0) is 16.9 Å². The van der Waals surface area contributed by atoms with Crippen LogP contribution < -0.4 is 4.57 Å². The van der Waals surface area contributed by atoms with Crippen molar-refractivity contribution in [2.24, 2.45) is 0 Å².